The van der Waals surface area contributed by atoms with E-state index >= 15 is 0 Å². The van der Waals surface area contributed by atoms with Crippen molar-refractivity contribution < 1.29 is 17.9 Å². The van der Waals surface area contributed by atoms with Crippen LogP contribution < -0.4 is 20.7 Å². The number of hydrogen-bond donors (Lipinski definition) is 3. The van der Waals surface area contributed by atoms with E-state index in [0.717, 1.165) is 58.8 Å². The van der Waals surface area contributed by atoms with Crippen LogP contribution in [0.4, 0.5) is 24.5 Å². The van der Waals surface area contributed by atoms with Gasteiger partial charge in [0.15, 0.2) is 6.61 Å². The Balaban J connectivity index is 0.00000127. The number of aryl methyl sites for hydroxylation is 1. The van der Waals surface area contributed by atoms with Crippen LogP contribution in [0.15, 0.2) is 47.4 Å². The number of halogens is 3. The fourth-order valence-electron chi connectivity index (χ4n) is 4.30. The molecule has 6 nitrogen and oxygen atoms in total. The van der Waals surface area contributed by atoms with E-state index in [1.54, 1.807) is 11.8 Å². The maximum Gasteiger partial charge on any atom is 0.229 e. The average molecular weight is 544 g/mol. The summed E-state index contributed by atoms with van der Waals surface area (Å²) in [4.78, 5) is 1.05. The summed E-state index contributed by atoms with van der Waals surface area (Å²) in [7, 11) is 0. The van der Waals surface area contributed by atoms with Crippen LogP contribution in [0.2, 0.25) is 0 Å². The standard InChI is InChI=1S/C27H30FN5OS.CH2F2/c1-35-22-7-8-25(27(19-22)34-17-12-29)31-13-3-4-21-18-23-24(32-20-9-14-30-15-10-20)5-2-6-26(23)33(21)16-11-28;2-1-3/h2,5-8,18-20,30-32H,9-11,13-17H2,1H3;1H2. The fraction of sp³-hybridized carbons (Fsp3) is 0.393. The molecule has 0 unspecified atom stereocenters. The molecule has 0 aliphatic carbocycles. The van der Waals surface area contributed by atoms with Crippen molar-refractivity contribution in [2.45, 2.75) is 30.3 Å². The Morgan fingerprint density at radius 1 is 1.13 bits per heavy atom. The molecular formula is C28H32F3N5OS. The molecule has 1 fully saturated rings. The Morgan fingerprint density at radius 2 is 1.92 bits per heavy atom. The normalized spacial score (nSPS) is 13.0. The highest BCUT2D eigenvalue weighted by molar-refractivity contribution is 7.98. The summed E-state index contributed by atoms with van der Waals surface area (Å²) in [5, 5.41) is 20.3. The van der Waals surface area contributed by atoms with Gasteiger partial charge in [0.2, 0.25) is 6.93 Å². The molecule has 4 rings (SSSR count). The Kier molecular flexibility index (Phi) is 12.0. The largest absolute Gasteiger partial charge is 0.477 e. The lowest BCUT2D eigenvalue weighted by Crippen LogP contribution is -2.35. The van der Waals surface area contributed by atoms with E-state index in [0.29, 0.717) is 18.3 Å². The number of anilines is 2. The van der Waals surface area contributed by atoms with E-state index < -0.39 is 13.6 Å². The second-order valence-corrected chi connectivity index (χ2v) is 9.22. The average Bonchev–Trinajstić information content (AvgIpc) is 3.29. The van der Waals surface area contributed by atoms with Gasteiger partial charge in [-0.15, -0.1) is 11.8 Å². The maximum atomic E-state index is 13.4. The molecule has 1 aliphatic rings. The number of piperidine rings is 1. The molecule has 0 saturated carbocycles. The number of alkyl halides is 3. The van der Waals surface area contributed by atoms with Gasteiger partial charge in [0.25, 0.3) is 0 Å². The lowest BCUT2D eigenvalue weighted by molar-refractivity contribution is 0.295. The summed E-state index contributed by atoms with van der Waals surface area (Å²) in [5.74, 6) is 7.01. The summed E-state index contributed by atoms with van der Waals surface area (Å²) < 4.78 is 40.2. The van der Waals surface area contributed by atoms with Crippen molar-refractivity contribution in [3.05, 3.63) is 48.2 Å². The number of thioether (sulfide) groups is 1. The first-order valence-corrected chi connectivity index (χ1v) is 13.6. The van der Waals surface area contributed by atoms with Crippen LogP contribution >= 0.6 is 11.8 Å². The molecule has 0 bridgehead atoms. The minimum atomic E-state index is -1.75. The number of benzene rings is 2. The van der Waals surface area contributed by atoms with Crippen LogP contribution in [0.1, 0.15) is 18.5 Å². The van der Waals surface area contributed by atoms with Crippen LogP contribution in [0.3, 0.4) is 0 Å². The van der Waals surface area contributed by atoms with Gasteiger partial charge in [-0.2, -0.15) is 5.26 Å². The second kappa shape index (κ2) is 15.7. The van der Waals surface area contributed by atoms with Crippen molar-refractivity contribution in [1.82, 2.24) is 9.88 Å². The van der Waals surface area contributed by atoms with Crippen LogP contribution in [-0.2, 0) is 6.54 Å². The predicted octanol–water partition coefficient (Wildman–Crippen LogP) is 5.75. The Labute approximate surface area is 225 Å². The number of nitrogens with zero attached hydrogens (tertiary/aromatic N) is 2. The smallest absolute Gasteiger partial charge is 0.229 e. The van der Waals surface area contributed by atoms with Gasteiger partial charge >= 0.3 is 0 Å². The summed E-state index contributed by atoms with van der Waals surface area (Å²) in [5.41, 5.74) is 3.63. The quantitative estimate of drug-likeness (QED) is 0.236. The minimum absolute atomic E-state index is 0.0186. The zero-order valence-corrected chi connectivity index (χ0v) is 22.1. The Bertz CT molecular complexity index is 1280. The summed E-state index contributed by atoms with van der Waals surface area (Å²) >= 11 is 1.61. The molecule has 0 radical (unpaired) electrons. The predicted molar refractivity (Wildman–Crippen MR) is 149 cm³/mol. The minimum Gasteiger partial charge on any atom is -0.477 e. The number of nitriles is 1. The molecule has 10 heteroatoms. The van der Waals surface area contributed by atoms with E-state index in [-0.39, 0.29) is 13.2 Å². The van der Waals surface area contributed by atoms with Crippen LogP contribution in [0.25, 0.3) is 10.9 Å². The summed E-state index contributed by atoms with van der Waals surface area (Å²) in [6.07, 6.45) is 4.15. The van der Waals surface area contributed by atoms with Gasteiger partial charge in [-0.3, -0.25) is 0 Å². The molecule has 2 heterocycles. The molecule has 3 N–H and O–H groups in total. The third kappa shape index (κ3) is 8.01. The highest BCUT2D eigenvalue weighted by Crippen LogP contribution is 2.30. The fourth-order valence-corrected chi connectivity index (χ4v) is 4.73. The monoisotopic (exact) mass is 543 g/mol. The number of ether oxygens (including phenoxy) is 1. The van der Waals surface area contributed by atoms with Gasteiger partial charge < -0.3 is 25.3 Å². The molecule has 202 valence electrons. The number of hydrogen-bond acceptors (Lipinski definition) is 6. The Morgan fingerprint density at radius 3 is 2.63 bits per heavy atom. The maximum absolute atomic E-state index is 13.4. The molecule has 3 aromatic rings. The zero-order valence-electron chi connectivity index (χ0n) is 21.3. The third-order valence-corrected chi connectivity index (χ3v) is 6.74. The van der Waals surface area contributed by atoms with E-state index in [4.69, 9.17) is 10.00 Å². The van der Waals surface area contributed by atoms with Crippen molar-refractivity contribution in [1.29, 1.82) is 5.26 Å². The molecule has 1 saturated heterocycles. The van der Waals surface area contributed by atoms with E-state index in [1.807, 2.05) is 47.2 Å². The number of nitrogens with one attached hydrogen (secondary N) is 3. The first-order valence-electron chi connectivity index (χ1n) is 12.3. The first-order chi connectivity index (χ1) is 18.6. The highest BCUT2D eigenvalue weighted by Gasteiger charge is 2.16. The van der Waals surface area contributed by atoms with Crippen molar-refractivity contribution >= 4 is 34.0 Å². The van der Waals surface area contributed by atoms with Crippen molar-refractivity contribution in [3.63, 3.8) is 0 Å². The van der Waals surface area contributed by atoms with Gasteiger partial charge in [0.05, 0.1) is 30.0 Å². The van der Waals surface area contributed by atoms with Gasteiger partial charge in [-0.05, 0) is 74.5 Å². The third-order valence-electron chi connectivity index (χ3n) is 6.02. The van der Waals surface area contributed by atoms with Gasteiger partial charge in [0, 0.05) is 22.0 Å². The number of aromatic nitrogens is 1. The molecule has 1 aliphatic heterocycles. The van der Waals surface area contributed by atoms with Crippen molar-refractivity contribution in [3.8, 4) is 23.7 Å². The topological polar surface area (TPSA) is 74.0 Å². The van der Waals surface area contributed by atoms with Crippen molar-refractivity contribution in [2.24, 2.45) is 0 Å². The number of fused-ring (bicyclic) bond motifs is 1. The number of rotatable bonds is 9. The highest BCUT2D eigenvalue weighted by atomic mass is 32.2. The van der Waals surface area contributed by atoms with Gasteiger partial charge in [0.1, 0.15) is 18.5 Å². The molecule has 2 aromatic carbocycles. The first kappa shape index (κ1) is 29.1. The van der Waals surface area contributed by atoms with Crippen molar-refractivity contribution in [2.75, 3.05) is 56.7 Å². The molecule has 0 atom stereocenters. The second-order valence-electron chi connectivity index (χ2n) is 8.34. The zero-order chi connectivity index (χ0) is 27.2. The SMILES string of the molecule is CSc1ccc(NCC#Cc2cc3c(NC4CCNCC4)cccc3n2CCF)c(OCC#N)c1.FCF. The van der Waals surface area contributed by atoms with Gasteiger partial charge in [-0.1, -0.05) is 12.0 Å². The lowest BCUT2D eigenvalue weighted by atomic mass is 10.1. The molecule has 1 aromatic heterocycles. The summed E-state index contributed by atoms with van der Waals surface area (Å²) in [6.45, 7) is 0.464. The van der Waals surface area contributed by atoms with Crippen LogP contribution in [0.5, 0.6) is 5.75 Å². The molecule has 38 heavy (non-hydrogen) atoms. The summed E-state index contributed by atoms with van der Waals surface area (Å²) in [6, 6.07) is 16.4. The van der Waals surface area contributed by atoms with E-state index in [2.05, 4.69) is 39.9 Å². The van der Waals surface area contributed by atoms with Crippen LogP contribution in [-0.4, -0.2) is 56.7 Å². The van der Waals surface area contributed by atoms with E-state index in [9.17, 15) is 13.2 Å². The van der Waals surface area contributed by atoms with E-state index in [1.165, 1.54) is 0 Å². The molecule has 0 amide bonds. The van der Waals surface area contributed by atoms with Gasteiger partial charge in [-0.25, -0.2) is 13.2 Å². The lowest BCUT2D eigenvalue weighted by Gasteiger charge is -2.25. The Hall–Kier alpha value is -3.47. The van der Waals surface area contributed by atoms with Crippen LogP contribution in [0, 0.1) is 23.2 Å². The molecule has 0 spiro atoms. The molecular weight excluding hydrogens is 511 g/mol.